The number of urea groups is 1. The molecule has 0 radical (unpaired) electrons. The van der Waals surface area contributed by atoms with Crippen molar-refractivity contribution in [3.63, 3.8) is 0 Å². The van der Waals surface area contributed by atoms with Crippen LogP contribution in [0.3, 0.4) is 0 Å². The molecule has 1 aromatic carbocycles. The van der Waals surface area contributed by atoms with Crippen LogP contribution in [0.5, 0.6) is 0 Å². The van der Waals surface area contributed by atoms with E-state index in [9.17, 15) is 14.4 Å². The Hall–Kier alpha value is -3.89. The number of amides is 4. The van der Waals surface area contributed by atoms with E-state index >= 15 is 0 Å². The summed E-state index contributed by atoms with van der Waals surface area (Å²) in [6, 6.07) is 7.94. The summed E-state index contributed by atoms with van der Waals surface area (Å²) in [5, 5.41) is 2.50. The number of aromatic nitrogens is 2. The number of alkyl carbamates (subject to hydrolysis) is 1. The zero-order valence-corrected chi connectivity index (χ0v) is 23.9. The number of hydrogen-bond donors (Lipinski definition) is 1. The fourth-order valence-electron chi connectivity index (χ4n) is 4.23. The van der Waals surface area contributed by atoms with Crippen LogP contribution in [-0.2, 0) is 16.1 Å². The number of rotatable bonds is 8. The summed E-state index contributed by atoms with van der Waals surface area (Å²) >= 11 is 0. The maximum atomic E-state index is 12.6. The Kier molecular flexibility index (Phi) is 10.1. The number of benzene rings is 1. The van der Waals surface area contributed by atoms with Crippen molar-refractivity contribution in [3.8, 4) is 11.1 Å². The predicted molar refractivity (Wildman–Crippen MR) is 150 cm³/mol. The topological polar surface area (TPSA) is 111 Å². The van der Waals surface area contributed by atoms with Crippen LogP contribution in [-0.4, -0.2) is 101 Å². The fourth-order valence-corrected chi connectivity index (χ4v) is 4.23. The molecule has 0 atom stereocenters. The molecule has 1 aliphatic rings. The molecule has 1 aromatic heterocycles. The number of carbonyl (C=O) groups is 3. The number of likely N-dealkylation sites (N-methyl/N-ethyl adjacent to an activating group) is 1. The number of ether oxygens (including phenoxy) is 1. The van der Waals surface area contributed by atoms with Crippen LogP contribution >= 0.6 is 0 Å². The number of carbonyl (C=O) groups excluding carboxylic acids is 3. The summed E-state index contributed by atoms with van der Waals surface area (Å²) in [6.45, 7) is 13.6. The third-order valence-corrected chi connectivity index (χ3v) is 6.39. The Morgan fingerprint density at radius 1 is 1.00 bits per heavy atom. The molecule has 39 heavy (non-hydrogen) atoms. The lowest BCUT2D eigenvalue weighted by Gasteiger charge is -2.37. The molecular weight excluding hydrogens is 498 g/mol. The zero-order chi connectivity index (χ0) is 28.6. The van der Waals surface area contributed by atoms with E-state index in [2.05, 4.69) is 20.2 Å². The van der Waals surface area contributed by atoms with E-state index in [0.29, 0.717) is 51.8 Å². The molecule has 2 aromatic rings. The molecule has 4 amide bonds. The van der Waals surface area contributed by atoms with Crippen molar-refractivity contribution in [1.82, 2.24) is 30.0 Å². The molecule has 1 aliphatic heterocycles. The molecule has 11 nitrogen and oxygen atoms in total. The average Bonchev–Trinajstić information content (AvgIpc) is 2.91. The highest BCUT2D eigenvalue weighted by Crippen LogP contribution is 2.21. The van der Waals surface area contributed by atoms with Gasteiger partial charge in [0, 0.05) is 70.8 Å². The number of piperazine rings is 1. The summed E-state index contributed by atoms with van der Waals surface area (Å²) in [4.78, 5) is 53.5. The quantitative estimate of drug-likeness (QED) is 0.548. The second-order valence-corrected chi connectivity index (χ2v) is 10.5. The third-order valence-electron chi connectivity index (χ3n) is 6.39. The second kappa shape index (κ2) is 13.3. The van der Waals surface area contributed by atoms with Crippen LogP contribution in [0.1, 0.15) is 40.2 Å². The Morgan fingerprint density at radius 3 is 2.23 bits per heavy atom. The number of hydrogen-bond acceptors (Lipinski definition) is 7. The largest absolute Gasteiger partial charge is 0.444 e. The number of nitrogens with zero attached hydrogens (tertiary/aromatic N) is 6. The minimum atomic E-state index is -0.623. The lowest BCUT2D eigenvalue weighted by molar-refractivity contribution is -0.129. The van der Waals surface area contributed by atoms with E-state index < -0.39 is 11.7 Å². The highest BCUT2D eigenvalue weighted by Gasteiger charge is 2.25. The van der Waals surface area contributed by atoms with Gasteiger partial charge in [-0.2, -0.15) is 0 Å². The Bertz CT molecular complexity index is 1120. The van der Waals surface area contributed by atoms with E-state index in [0.717, 1.165) is 16.7 Å². The minimum Gasteiger partial charge on any atom is -0.444 e. The molecule has 212 valence electrons. The van der Waals surface area contributed by atoms with Crippen molar-refractivity contribution in [3.05, 3.63) is 42.2 Å². The van der Waals surface area contributed by atoms with Gasteiger partial charge in [0.2, 0.25) is 11.9 Å². The van der Waals surface area contributed by atoms with Crippen molar-refractivity contribution in [2.24, 2.45) is 0 Å². The van der Waals surface area contributed by atoms with Gasteiger partial charge >= 0.3 is 12.1 Å². The van der Waals surface area contributed by atoms with Gasteiger partial charge in [-0.3, -0.25) is 4.79 Å². The Labute approximate surface area is 231 Å². The number of nitrogens with one attached hydrogen (secondary N) is 1. The van der Waals surface area contributed by atoms with E-state index in [1.54, 1.807) is 45.1 Å². The van der Waals surface area contributed by atoms with Crippen molar-refractivity contribution in [1.29, 1.82) is 0 Å². The standard InChI is InChI=1S/C28H41N7O4/c1-7-33(8-2)27(38)35-14-12-34(13-15-35)25-29-17-23(18-30-25)22-11-9-10-21(16-22)20-32(6)24(36)19-31-26(37)39-28(3,4)5/h9-11,16-18H,7-8,12-15,19-20H2,1-6H3,(H,31,37). The van der Waals surface area contributed by atoms with Crippen LogP contribution in [0.4, 0.5) is 15.5 Å². The smallest absolute Gasteiger partial charge is 0.408 e. The zero-order valence-electron chi connectivity index (χ0n) is 23.9. The molecule has 0 saturated carbocycles. The van der Waals surface area contributed by atoms with Gasteiger partial charge in [0.25, 0.3) is 0 Å². The normalized spacial score (nSPS) is 13.6. The van der Waals surface area contributed by atoms with Gasteiger partial charge in [-0.15, -0.1) is 0 Å². The van der Waals surface area contributed by atoms with E-state index in [-0.39, 0.29) is 18.5 Å². The second-order valence-electron chi connectivity index (χ2n) is 10.5. The van der Waals surface area contributed by atoms with Crippen molar-refractivity contribution < 1.29 is 19.1 Å². The summed E-state index contributed by atoms with van der Waals surface area (Å²) in [6.07, 6.45) is 2.98. The summed E-state index contributed by atoms with van der Waals surface area (Å²) in [5.41, 5.74) is 2.14. The summed E-state index contributed by atoms with van der Waals surface area (Å²) < 4.78 is 5.18. The fraction of sp³-hybridized carbons (Fsp3) is 0.536. The molecule has 1 saturated heterocycles. The molecule has 1 N–H and O–H groups in total. The Morgan fingerprint density at radius 2 is 1.64 bits per heavy atom. The molecular formula is C28H41N7O4. The average molecular weight is 540 g/mol. The highest BCUT2D eigenvalue weighted by molar-refractivity contribution is 5.82. The maximum absolute atomic E-state index is 12.6. The van der Waals surface area contributed by atoms with E-state index in [1.165, 1.54) is 0 Å². The molecule has 11 heteroatoms. The first-order valence-corrected chi connectivity index (χ1v) is 13.4. The maximum Gasteiger partial charge on any atom is 0.408 e. The highest BCUT2D eigenvalue weighted by atomic mass is 16.6. The lowest BCUT2D eigenvalue weighted by atomic mass is 10.1. The predicted octanol–water partition coefficient (Wildman–Crippen LogP) is 3.21. The van der Waals surface area contributed by atoms with Gasteiger partial charge in [-0.05, 0) is 51.8 Å². The van der Waals surface area contributed by atoms with Gasteiger partial charge in [0.1, 0.15) is 12.1 Å². The molecule has 0 aliphatic carbocycles. The van der Waals surface area contributed by atoms with Crippen LogP contribution in [0.25, 0.3) is 11.1 Å². The monoisotopic (exact) mass is 539 g/mol. The van der Waals surface area contributed by atoms with Gasteiger partial charge in [0.15, 0.2) is 0 Å². The van der Waals surface area contributed by atoms with Crippen LogP contribution in [0.2, 0.25) is 0 Å². The first-order valence-electron chi connectivity index (χ1n) is 13.4. The van der Waals surface area contributed by atoms with Crippen molar-refractivity contribution >= 4 is 24.0 Å². The molecule has 0 bridgehead atoms. The SMILES string of the molecule is CCN(CC)C(=O)N1CCN(c2ncc(-c3cccc(CN(C)C(=O)CNC(=O)OC(C)(C)C)c3)cn2)CC1. The van der Waals surface area contributed by atoms with E-state index in [1.807, 2.05) is 47.9 Å². The Balaban J connectivity index is 1.54. The van der Waals surface area contributed by atoms with Gasteiger partial charge in [-0.25, -0.2) is 19.6 Å². The van der Waals surface area contributed by atoms with Gasteiger partial charge < -0.3 is 29.7 Å². The van der Waals surface area contributed by atoms with Crippen LogP contribution < -0.4 is 10.2 Å². The van der Waals surface area contributed by atoms with Crippen LogP contribution in [0, 0.1) is 0 Å². The molecule has 2 heterocycles. The lowest BCUT2D eigenvalue weighted by Crippen LogP contribution is -2.53. The minimum absolute atomic E-state index is 0.0856. The summed E-state index contributed by atoms with van der Waals surface area (Å²) in [5.74, 6) is 0.422. The van der Waals surface area contributed by atoms with E-state index in [4.69, 9.17) is 4.74 Å². The van der Waals surface area contributed by atoms with Crippen LogP contribution in [0.15, 0.2) is 36.7 Å². The first-order chi connectivity index (χ1) is 18.5. The van der Waals surface area contributed by atoms with Gasteiger partial charge in [0.05, 0.1) is 0 Å². The number of anilines is 1. The third kappa shape index (κ3) is 8.56. The van der Waals surface area contributed by atoms with Crippen molar-refractivity contribution in [2.75, 3.05) is 57.8 Å². The molecule has 3 rings (SSSR count). The van der Waals surface area contributed by atoms with Gasteiger partial charge in [-0.1, -0.05) is 18.2 Å². The summed E-state index contributed by atoms with van der Waals surface area (Å²) in [7, 11) is 1.69. The molecule has 1 fully saturated rings. The molecule has 0 spiro atoms. The molecule has 0 unspecified atom stereocenters. The van der Waals surface area contributed by atoms with Crippen molar-refractivity contribution in [2.45, 2.75) is 46.8 Å². The first kappa shape index (κ1) is 29.7.